The summed E-state index contributed by atoms with van der Waals surface area (Å²) >= 11 is 55.6. The Bertz CT molecular complexity index is 981. The van der Waals surface area contributed by atoms with Crippen molar-refractivity contribution in [3.05, 3.63) is 41.3 Å². The molecule has 1 aliphatic carbocycles. The Morgan fingerprint density at radius 3 is 1.84 bits per heavy atom. The predicted octanol–water partition coefficient (Wildman–Crippen LogP) is 7.96. The summed E-state index contributed by atoms with van der Waals surface area (Å²) in [6, 6.07) is 0. The summed E-state index contributed by atoms with van der Waals surface area (Å²) in [5, 5.41) is 16.5. The Hall–Kier alpha value is 0.810. The van der Waals surface area contributed by atoms with Crippen molar-refractivity contribution in [2.75, 3.05) is 0 Å². The summed E-state index contributed by atoms with van der Waals surface area (Å²) in [6.07, 6.45) is 0. The van der Waals surface area contributed by atoms with Crippen molar-refractivity contribution in [2.24, 2.45) is 0 Å². The van der Waals surface area contributed by atoms with Crippen molar-refractivity contribution < 1.29 is 10.2 Å². The van der Waals surface area contributed by atoms with Crippen LogP contribution in [-0.4, -0.2) is 15.6 Å². The minimum Gasteiger partial charge on any atom is -0.506 e. The van der Waals surface area contributed by atoms with Crippen molar-refractivity contribution >= 4 is 120 Å². The first-order valence-corrected chi connectivity index (χ1v) is 9.71. The highest BCUT2D eigenvalue weighted by Crippen LogP contribution is 2.59. The normalized spacial score (nSPS) is 23.4. The zero-order valence-electron chi connectivity index (χ0n) is 11.4. The summed E-state index contributed by atoms with van der Waals surface area (Å²) in [6.45, 7) is 0. The van der Waals surface area contributed by atoms with Crippen LogP contribution in [0.2, 0.25) is 25.1 Å². The first kappa shape index (κ1) is 20.5. The minimum absolute atomic E-state index is 0.0204. The van der Waals surface area contributed by atoms with E-state index in [-0.39, 0.29) is 57.1 Å². The van der Waals surface area contributed by atoms with Gasteiger partial charge in [0.05, 0.1) is 30.2 Å². The number of alkyl halides is 2. The molecule has 0 aromatic heterocycles. The molecule has 25 heavy (non-hydrogen) atoms. The fraction of sp³-hybridized carbons (Fsp3) is 0.143. The van der Waals surface area contributed by atoms with Gasteiger partial charge in [0.15, 0.2) is 5.06 Å². The molecule has 2 N–H and O–H groups in total. The highest BCUT2D eigenvalue weighted by molar-refractivity contribution is 6.61. The highest BCUT2D eigenvalue weighted by atomic mass is 35.5. The Balaban J connectivity index is 2.73. The van der Waals surface area contributed by atoms with Crippen molar-refractivity contribution in [3.63, 3.8) is 0 Å². The van der Waals surface area contributed by atoms with Gasteiger partial charge in [-0.25, -0.2) is 0 Å². The quantitative estimate of drug-likeness (QED) is 0.272. The Kier molecular flexibility index (Phi) is 5.51. The molecule has 0 spiro atoms. The molecule has 2 aromatic rings. The number of aliphatic hydroxyl groups is 1. The third-order valence-electron chi connectivity index (χ3n) is 3.77. The molecule has 0 heterocycles. The van der Waals surface area contributed by atoms with E-state index in [4.69, 9.17) is 104 Å². The van der Waals surface area contributed by atoms with Gasteiger partial charge in [0.1, 0.15) is 16.1 Å². The third-order valence-corrected chi connectivity index (χ3v) is 8.00. The summed E-state index contributed by atoms with van der Waals surface area (Å²) in [7, 11) is 0. The molecular formula is C14H3Cl9O2. The molecular weight excluding hydrogens is 519 g/mol. The van der Waals surface area contributed by atoms with Crippen LogP contribution < -0.4 is 0 Å². The summed E-state index contributed by atoms with van der Waals surface area (Å²) in [5.41, 5.74) is -0.0632. The van der Waals surface area contributed by atoms with Gasteiger partial charge < -0.3 is 10.2 Å². The monoisotopic (exact) mass is 518 g/mol. The Morgan fingerprint density at radius 1 is 0.760 bits per heavy atom. The standard InChI is InChI=1S/C14H3Cl9O2/c15-5-1-2-4(14(23,25)13(22)11(21)6(2)16)8(18)7(17)3(1)12(24)10(20)9(5)19/h13,24-25H. The number of aromatic hydroxyl groups is 1. The number of benzene rings is 2. The van der Waals surface area contributed by atoms with Crippen LogP contribution >= 0.6 is 104 Å². The number of hydrogen-bond acceptors (Lipinski definition) is 2. The zero-order chi connectivity index (χ0) is 19.0. The average molecular weight is 522 g/mol. The van der Waals surface area contributed by atoms with E-state index in [0.29, 0.717) is 0 Å². The lowest BCUT2D eigenvalue weighted by Gasteiger charge is -2.35. The molecule has 134 valence electrons. The van der Waals surface area contributed by atoms with Gasteiger partial charge >= 0.3 is 0 Å². The lowest BCUT2D eigenvalue weighted by Crippen LogP contribution is -2.35. The van der Waals surface area contributed by atoms with E-state index in [2.05, 4.69) is 0 Å². The van der Waals surface area contributed by atoms with Crippen LogP contribution in [0.1, 0.15) is 11.1 Å². The second-order valence-electron chi connectivity index (χ2n) is 5.12. The Labute approximate surface area is 186 Å². The molecule has 2 unspecified atom stereocenters. The zero-order valence-corrected chi connectivity index (χ0v) is 18.2. The molecule has 2 atom stereocenters. The van der Waals surface area contributed by atoms with E-state index >= 15 is 0 Å². The predicted molar refractivity (Wildman–Crippen MR) is 109 cm³/mol. The van der Waals surface area contributed by atoms with E-state index in [1.807, 2.05) is 0 Å². The number of halogens is 9. The van der Waals surface area contributed by atoms with Crippen molar-refractivity contribution in [1.29, 1.82) is 0 Å². The molecule has 0 fully saturated rings. The van der Waals surface area contributed by atoms with Crippen LogP contribution in [0.4, 0.5) is 0 Å². The van der Waals surface area contributed by atoms with E-state index in [1.165, 1.54) is 0 Å². The molecule has 0 saturated carbocycles. The first-order chi connectivity index (χ1) is 11.4. The van der Waals surface area contributed by atoms with Crippen LogP contribution in [0, 0.1) is 0 Å². The fourth-order valence-corrected chi connectivity index (χ4v) is 5.17. The number of rotatable bonds is 0. The van der Waals surface area contributed by atoms with E-state index in [0.717, 1.165) is 0 Å². The first-order valence-electron chi connectivity index (χ1n) is 6.25. The molecule has 0 radical (unpaired) electrons. The molecule has 0 amide bonds. The number of fused-ring (bicyclic) bond motifs is 3. The molecule has 0 bridgehead atoms. The van der Waals surface area contributed by atoms with Crippen LogP contribution in [0.3, 0.4) is 0 Å². The van der Waals surface area contributed by atoms with Gasteiger partial charge in [-0.05, 0) is 0 Å². The van der Waals surface area contributed by atoms with Crippen molar-refractivity contribution in [2.45, 2.75) is 10.4 Å². The maximum Gasteiger partial charge on any atom is 0.188 e. The molecule has 0 saturated heterocycles. The van der Waals surface area contributed by atoms with Crippen molar-refractivity contribution in [3.8, 4) is 5.75 Å². The van der Waals surface area contributed by atoms with E-state index < -0.39 is 16.2 Å². The van der Waals surface area contributed by atoms with Gasteiger partial charge in [-0.1, -0.05) is 92.8 Å². The maximum atomic E-state index is 10.7. The summed E-state index contributed by atoms with van der Waals surface area (Å²) in [5.74, 6) is -0.465. The number of phenols is 1. The van der Waals surface area contributed by atoms with Gasteiger partial charge in [0.25, 0.3) is 0 Å². The second kappa shape index (κ2) is 6.70. The average Bonchev–Trinajstić information content (AvgIpc) is 2.56. The molecule has 2 nitrogen and oxygen atoms in total. The SMILES string of the molecule is Oc1c(Cl)c(Cl)c(Cl)c2c3c(c(Cl)c(Cl)c12)C(O)(Cl)C(Cl)C(Cl)=C3Cl. The van der Waals surface area contributed by atoms with Gasteiger partial charge in [0, 0.05) is 21.9 Å². The molecule has 0 aliphatic heterocycles. The van der Waals surface area contributed by atoms with Crippen molar-refractivity contribution in [1.82, 2.24) is 0 Å². The van der Waals surface area contributed by atoms with Crippen LogP contribution in [-0.2, 0) is 5.06 Å². The van der Waals surface area contributed by atoms with Gasteiger partial charge in [-0.2, -0.15) is 0 Å². The lowest BCUT2D eigenvalue weighted by atomic mass is 9.88. The lowest BCUT2D eigenvalue weighted by molar-refractivity contribution is 0.133. The molecule has 1 aliphatic rings. The Morgan fingerprint density at radius 2 is 1.28 bits per heavy atom. The molecule has 2 aromatic carbocycles. The van der Waals surface area contributed by atoms with Gasteiger partial charge in [-0.15, -0.1) is 11.6 Å². The van der Waals surface area contributed by atoms with Crippen LogP contribution in [0.5, 0.6) is 5.75 Å². The second-order valence-corrected chi connectivity index (χ2v) is 8.80. The van der Waals surface area contributed by atoms with E-state index in [9.17, 15) is 10.2 Å². The summed E-state index contributed by atoms with van der Waals surface area (Å²) < 4.78 is 0. The fourth-order valence-electron chi connectivity index (χ4n) is 2.62. The topological polar surface area (TPSA) is 40.5 Å². The number of phenolic OH excluding ortho intramolecular Hbond substituents is 1. The van der Waals surface area contributed by atoms with E-state index in [1.54, 1.807) is 0 Å². The van der Waals surface area contributed by atoms with Crippen LogP contribution in [0.15, 0.2) is 5.03 Å². The summed E-state index contributed by atoms with van der Waals surface area (Å²) in [4.78, 5) is 0. The van der Waals surface area contributed by atoms with Gasteiger partial charge in [0.2, 0.25) is 0 Å². The largest absolute Gasteiger partial charge is 0.506 e. The van der Waals surface area contributed by atoms with Gasteiger partial charge in [-0.3, -0.25) is 0 Å². The molecule has 11 heteroatoms. The number of hydrogen-bond donors (Lipinski definition) is 2. The molecule has 3 rings (SSSR count). The maximum absolute atomic E-state index is 10.7. The minimum atomic E-state index is -2.24. The highest BCUT2D eigenvalue weighted by Gasteiger charge is 2.48. The van der Waals surface area contributed by atoms with Crippen LogP contribution in [0.25, 0.3) is 15.8 Å². The smallest absolute Gasteiger partial charge is 0.188 e. The third kappa shape index (κ3) is 2.73.